The highest BCUT2D eigenvalue weighted by Crippen LogP contribution is 2.43. The molecule has 0 radical (unpaired) electrons. The molecule has 0 bridgehead atoms. The van der Waals surface area contributed by atoms with Crippen molar-refractivity contribution in [2.24, 2.45) is 7.05 Å². The number of aromatic nitrogens is 1. The van der Waals surface area contributed by atoms with Crippen molar-refractivity contribution in [1.29, 1.82) is 0 Å². The molecule has 0 unspecified atom stereocenters. The number of thiophene rings is 1. The van der Waals surface area contributed by atoms with Gasteiger partial charge in [0.25, 0.3) is 0 Å². The standard InChI is InChI=1S/C19H14BrNS2/c1-21-17-8-7-14(20)11-16(17)19(18(21)13-9-10-22-12-13)23-15-5-3-2-4-6-15/h2-12H,1H3. The van der Waals surface area contributed by atoms with E-state index in [1.807, 2.05) is 11.8 Å². The Balaban J connectivity index is 1.99. The summed E-state index contributed by atoms with van der Waals surface area (Å²) in [6.45, 7) is 0. The second kappa shape index (κ2) is 6.19. The zero-order valence-corrected chi connectivity index (χ0v) is 15.7. The van der Waals surface area contributed by atoms with Gasteiger partial charge in [-0.1, -0.05) is 45.9 Å². The highest BCUT2D eigenvalue weighted by atomic mass is 79.9. The molecule has 0 fully saturated rings. The third-order valence-corrected chi connectivity index (χ3v) is 6.17. The lowest BCUT2D eigenvalue weighted by Gasteiger charge is -2.06. The molecular weight excluding hydrogens is 386 g/mol. The summed E-state index contributed by atoms with van der Waals surface area (Å²) in [5.74, 6) is 0. The highest BCUT2D eigenvalue weighted by Gasteiger charge is 2.18. The van der Waals surface area contributed by atoms with E-state index in [0.29, 0.717) is 0 Å². The maximum Gasteiger partial charge on any atom is 0.0639 e. The van der Waals surface area contributed by atoms with Gasteiger partial charge in [0.15, 0.2) is 0 Å². The molecule has 4 heteroatoms. The van der Waals surface area contributed by atoms with Gasteiger partial charge in [-0.05, 0) is 41.8 Å². The Hall–Kier alpha value is -1.49. The minimum Gasteiger partial charge on any atom is -0.343 e. The van der Waals surface area contributed by atoms with Gasteiger partial charge in [-0.15, -0.1) is 0 Å². The Morgan fingerprint density at radius 3 is 2.61 bits per heavy atom. The molecular formula is C19H14BrNS2. The Bertz CT molecular complexity index is 956. The third kappa shape index (κ3) is 2.75. The summed E-state index contributed by atoms with van der Waals surface area (Å²) in [4.78, 5) is 2.57. The number of nitrogens with zero attached hydrogens (tertiary/aromatic N) is 1. The van der Waals surface area contributed by atoms with E-state index in [2.05, 4.69) is 92.9 Å². The fourth-order valence-corrected chi connectivity index (χ4v) is 4.97. The Labute approximate surface area is 152 Å². The number of hydrogen-bond donors (Lipinski definition) is 0. The van der Waals surface area contributed by atoms with Gasteiger partial charge in [0.05, 0.1) is 5.69 Å². The van der Waals surface area contributed by atoms with E-state index in [-0.39, 0.29) is 0 Å². The monoisotopic (exact) mass is 399 g/mol. The molecule has 23 heavy (non-hydrogen) atoms. The number of aryl methyl sites for hydroxylation is 1. The SMILES string of the molecule is Cn1c(-c2ccsc2)c(Sc2ccccc2)c2cc(Br)ccc21. The molecule has 1 nitrogen and oxygen atoms in total. The fraction of sp³-hybridized carbons (Fsp3) is 0.0526. The number of fused-ring (bicyclic) bond motifs is 1. The molecule has 2 aromatic carbocycles. The van der Waals surface area contributed by atoms with Crippen molar-refractivity contribution in [3.8, 4) is 11.3 Å². The van der Waals surface area contributed by atoms with Gasteiger partial charge in [-0.3, -0.25) is 0 Å². The van der Waals surface area contributed by atoms with Crippen LogP contribution in [0.4, 0.5) is 0 Å². The van der Waals surface area contributed by atoms with Gasteiger partial charge >= 0.3 is 0 Å². The number of benzene rings is 2. The fourth-order valence-electron chi connectivity index (χ4n) is 2.82. The average Bonchev–Trinajstić information content (AvgIpc) is 3.16. The average molecular weight is 400 g/mol. The minimum atomic E-state index is 1.11. The van der Waals surface area contributed by atoms with E-state index >= 15 is 0 Å². The smallest absolute Gasteiger partial charge is 0.0639 e. The normalized spacial score (nSPS) is 11.2. The molecule has 0 aliphatic carbocycles. The minimum absolute atomic E-state index is 1.11. The second-order valence-corrected chi connectivity index (χ2v) is 8.10. The molecule has 0 aliphatic rings. The number of rotatable bonds is 3. The van der Waals surface area contributed by atoms with Gasteiger partial charge < -0.3 is 4.57 Å². The molecule has 4 aromatic rings. The highest BCUT2D eigenvalue weighted by molar-refractivity contribution is 9.10. The van der Waals surface area contributed by atoms with Crippen LogP contribution >= 0.6 is 39.0 Å². The molecule has 2 heterocycles. The zero-order valence-electron chi connectivity index (χ0n) is 12.5. The van der Waals surface area contributed by atoms with Gasteiger partial charge in [0, 0.05) is 43.2 Å². The molecule has 0 saturated heterocycles. The van der Waals surface area contributed by atoms with Gasteiger partial charge in [0.1, 0.15) is 0 Å². The lowest BCUT2D eigenvalue weighted by Crippen LogP contribution is -1.90. The van der Waals surface area contributed by atoms with Crippen molar-refractivity contribution in [3.63, 3.8) is 0 Å². The largest absolute Gasteiger partial charge is 0.343 e. The van der Waals surface area contributed by atoms with Crippen LogP contribution in [-0.2, 0) is 7.05 Å². The van der Waals surface area contributed by atoms with Gasteiger partial charge in [-0.2, -0.15) is 11.3 Å². The predicted octanol–water partition coefficient (Wildman–Crippen LogP) is 6.82. The molecule has 0 N–H and O–H groups in total. The van der Waals surface area contributed by atoms with Crippen LogP contribution in [0.3, 0.4) is 0 Å². The summed E-state index contributed by atoms with van der Waals surface area (Å²) in [6, 6.07) is 19.3. The van der Waals surface area contributed by atoms with Crippen molar-refractivity contribution >= 4 is 49.9 Å². The lowest BCUT2D eigenvalue weighted by atomic mass is 10.2. The summed E-state index contributed by atoms with van der Waals surface area (Å²) in [5, 5.41) is 5.65. The summed E-state index contributed by atoms with van der Waals surface area (Å²) in [6.07, 6.45) is 0. The number of hydrogen-bond acceptors (Lipinski definition) is 2. The molecule has 0 atom stereocenters. The van der Waals surface area contributed by atoms with E-state index in [1.165, 1.54) is 32.0 Å². The van der Waals surface area contributed by atoms with Crippen molar-refractivity contribution in [1.82, 2.24) is 4.57 Å². The van der Waals surface area contributed by atoms with E-state index in [9.17, 15) is 0 Å². The molecule has 0 amide bonds. The van der Waals surface area contributed by atoms with E-state index in [0.717, 1.165) is 4.47 Å². The van der Waals surface area contributed by atoms with Crippen LogP contribution in [0.1, 0.15) is 0 Å². The Morgan fingerprint density at radius 2 is 1.87 bits per heavy atom. The van der Waals surface area contributed by atoms with Crippen LogP contribution in [0.2, 0.25) is 0 Å². The summed E-state index contributed by atoms with van der Waals surface area (Å²) in [7, 11) is 2.15. The Morgan fingerprint density at radius 1 is 1.04 bits per heavy atom. The van der Waals surface area contributed by atoms with Crippen LogP contribution in [0, 0.1) is 0 Å². The zero-order chi connectivity index (χ0) is 15.8. The van der Waals surface area contributed by atoms with Crippen molar-refractivity contribution in [2.75, 3.05) is 0 Å². The Kier molecular flexibility index (Phi) is 4.05. The first-order valence-electron chi connectivity index (χ1n) is 7.27. The van der Waals surface area contributed by atoms with Crippen LogP contribution in [0.5, 0.6) is 0 Å². The molecule has 114 valence electrons. The summed E-state index contributed by atoms with van der Waals surface area (Å²) >= 11 is 7.19. The maximum atomic E-state index is 3.62. The first-order chi connectivity index (χ1) is 11.2. The first-order valence-corrected chi connectivity index (χ1v) is 9.82. The lowest BCUT2D eigenvalue weighted by molar-refractivity contribution is 0.969. The van der Waals surface area contributed by atoms with E-state index in [1.54, 1.807) is 11.3 Å². The molecule has 0 saturated carbocycles. The second-order valence-electron chi connectivity index (χ2n) is 5.33. The first kappa shape index (κ1) is 15.1. The van der Waals surface area contributed by atoms with E-state index in [4.69, 9.17) is 0 Å². The van der Waals surface area contributed by atoms with Crippen molar-refractivity contribution in [2.45, 2.75) is 9.79 Å². The van der Waals surface area contributed by atoms with Crippen LogP contribution in [0.25, 0.3) is 22.2 Å². The molecule has 0 spiro atoms. The molecule has 2 aromatic heterocycles. The molecule has 4 rings (SSSR count). The third-order valence-electron chi connectivity index (χ3n) is 3.87. The number of halogens is 1. The van der Waals surface area contributed by atoms with Crippen LogP contribution in [0.15, 0.2) is 79.6 Å². The quantitative estimate of drug-likeness (QED) is 0.365. The predicted molar refractivity (Wildman–Crippen MR) is 104 cm³/mol. The molecule has 0 aliphatic heterocycles. The van der Waals surface area contributed by atoms with E-state index < -0.39 is 0 Å². The van der Waals surface area contributed by atoms with Crippen LogP contribution in [-0.4, -0.2) is 4.57 Å². The summed E-state index contributed by atoms with van der Waals surface area (Å²) in [5.41, 5.74) is 3.82. The van der Waals surface area contributed by atoms with Gasteiger partial charge in [0.2, 0.25) is 0 Å². The summed E-state index contributed by atoms with van der Waals surface area (Å²) < 4.78 is 3.41. The maximum absolute atomic E-state index is 3.62. The van der Waals surface area contributed by atoms with Crippen molar-refractivity contribution in [3.05, 3.63) is 69.8 Å². The van der Waals surface area contributed by atoms with Gasteiger partial charge in [-0.25, -0.2) is 0 Å². The van der Waals surface area contributed by atoms with Crippen molar-refractivity contribution < 1.29 is 0 Å². The van der Waals surface area contributed by atoms with Crippen LogP contribution < -0.4 is 0 Å². The topological polar surface area (TPSA) is 4.93 Å².